The third-order valence-corrected chi connectivity index (χ3v) is 5.07. The highest BCUT2D eigenvalue weighted by Gasteiger charge is 2.23. The minimum Gasteiger partial charge on any atom is -0.477 e. The quantitative estimate of drug-likeness (QED) is 0.786. The maximum atomic E-state index is 11.7. The smallest absolute Gasteiger partial charge is 0.354 e. The second-order valence-electron chi connectivity index (χ2n) is 5.51. The van der Waals surface area contributed by atoms with Crippen molar-refractivity contribution in [2.24, 2.45) is 0 Å². The van der Waals surface area contributed by atoms with E-state index in [2.05, 4.69) is 44.0 Å². The van der Waals surface area contributed by atoms with Crippen LogP contribution in [0.2, 0.25) is 0 Å². The van der Waals surface area contributed by atoms with Crippen LogP contribution in [0.3, 0.4) is 0 Å². The van der Waals surface area contributed by atoms with Crippen LogP contribution in [-0.2, 0) is 6.42 Å². The van der Waals surface area contributed by atoms with Gasteiger partial charge in [0.05, 0.1) is 11.4 Å². The Hall–Kier alpha value is -2.14. The molecule has 22 heavy (non-hydrogen) atoms. The van der Waals surface area contributed by atoms with E-state index in [0.29, 0.717) is 5.69 Å². The normalized spacial score (nSPS) is 11.3. The Balaban J connectivity index is 2.42. The zero-order valence-electron chi connectivity index (χ0n) is 13.1. The molecule has 1 N–H and O–H groups in total. The van der Waals surface area contributed by atoms with E-state index in [1.165, 1.54) is 5.56 Å². The lowest BCUT2D eigenvalue weighted by atomic mass is 10.0. The number of fused-ring (bicyclic) bond motifs is 1. The highest BCUT2D eigenvalue weighted by Crippen LogP contribution is 2.36. The van der Waals surface area contributed by atoms with Crippen LogP contribution in [0.15, 0.2) is 18.2 Å². The SMILES string of the molecule is CCc1sc2nc(C)c(C(=O)O)n2c1-c1ccc(C)cc1C. The first-order chi connectivity index (χ1) is 10.4. The first-order valence-corrected chi connectivity index (χ1v) is 8.07. The standard InChI is InChI=1S/C17H18N2O2S/c1-5-13-15(12-7-6-9(2)8-10(12)3)19-14(16(20)21)11(4)18-17(19)22-13/h6-8H,5H2,1-4H3,(H,20,21). The van der Waals surface area contributed by atoms with Gasteiger partial charge in [-0.2, -0.15) is 0 Å². The molecule has 114 valence electrons. The summed E-state index contributed by atoms with van der Waals surface area (Å²) in [5, 5.41) is 9.56. The molecule has 3 aromatic rings. The van der Waals surface area contributed by atoms with Gasteiger partial charge in [-0.25, -0.2) is 9.78 Å². The van der Waals surface area contributed by atoms with Crippen molar-refractivity contribution in [1.29, 1.82) is 0 Å². The van der Waals surface area contributed by atoms with E-state index in [4.69, 9.17) is 0 Å². The molecule has 0 atom stereocenters. The number of imidazole rings is 1. The Kier molecular flexibility index (Phi) is 3.53. The van der Waals surface area contributed by atoms with Crippen molar-refractivity contribution >= 4 is 22.3 Å². The van der Waals surface area contributed by atoms with Crippen LogP contribution >= 0.6 is 11.3 Å². The van der Waals surface area contributed by atoms with Crippen molar-refractivity contribution in [3.8, 4) is 11.3 Å². The van der Waals surface area contributed by atoms with Crippen LogP contribution in [0.25, 0.3) is 16.2 Å². The van der Waals surface area contributed by atoms with Crippen LogP contribution in [0.5, 0.6) is 0 Å². The highest BCUT2D eigenvalue weighted by molar-refractivity contribution is 7.17. The molecule has 2 aromatic heterocycles. The number of carboxylic acids is 1. The number of carboxylic acid groups (broad SMARTS) is 1. The summed E-state index contributed by atoms with van der Waals surface area (Å²) in [5.74, 6) is -0.934. The van der Waals surface area contributed by atoms with E-state index in [0.717, 1.165) is 33.1 Å². The number of benzene rings is 1. The van der Waals surface area contributed by atoms with Gasteiger partial charge in [-0.1, -0.05) is 30.7 Å². The van der Waals surface area contributed by atoms with Gasteiger partial charge in [0.15, 0.2) is 10.7 Å². The molecule has 3 rings (SSSR count). The number of carbonyl (C=O) groups is 1. The molecular weight excluding hydrogens is 296 g/mol. The number of aryl methyl sites for hydroxylation is 4. The van der Waals surface area contributed by atoms with Crippen molar-refractivity contribution in [1.82, 2.24) is 9.38 Å². The lowest BCUT2D eigenvalue weighted by Gasteiger charge is -2.10. The van der Waals surface area contributed by atoms with Crippen LogP contribution in [-0.4, -0.2) is 20.5 Å². The van der Waals surface area contributed by atoms with Gasteiger partial charge in [0, 0.05) is 10.4 Å². The van der Waals surface area contributed by atoms with Crippen molar-refractivity contribution in [3.05, 3.63) is 45.6 Å². The molecule has 2 heterocycles. The molecule has 1 aromatic carbocycles. The summed E-state index contributed by atoms with van der Waals surface area (Å²) >= 11 is 1.57. The number of rotatable bonds is 3. The fourth-order valence-electron chi connectivity index (χ4n) is 2.90. The number of thiazole rings is 1. The molecule has 0 amide bonds. The number of aromatic nitrogens is 2. The van der Waals surface area contributed by atoms with E-state index in [1.807, 2.05) is 0 Å². The van der Waals surface area contributed by atoms with Gasteiger partial charge in [-0.3, -0.25) is 4.40 Å². The van der Waals surface area contributed by atoms with Gasteiger partial charge in [-0.15, -0.1) is 11.3 Å². The maximum Gasteiger partial charge on any atom is 0.354 e. The summed E-state index contributed by atoms with van der Waals surface area (Å²) in [4.78, 5) is 18.0. The van der Waals surface area contributed by atoms with Gasteiger partial charge in [0.2, 0.25) is 0 Å². The Bertz CT molecular complexity index is 890. The number of nitrogens with zero attached hydrogens (tertiary/aromatic N) is 2. The molecule has 0 bridgehead atoms. The molecule has 5 heteroatoms. The third-order valence-electron chi connectivity index (χ3n) is 3.88. The zero-order chi connectivity index (χ0) is 16.0. The fraction of sp³-hybridized carbons (Fsp3) is 0.294. The second-order valence-corrected chi connectivity index (χ2v) is 6.58. The minimum absolute atomic E-state index is 0.265. The highest BCUT2D eigenvalue weighted by atomic mass is 32.1. The van der Waals surface area contributed by atoms with E-state index >= 15 is 0 Å². The summed E-state index contributed by atoms with van der Waals surface area (Å²) in [6.07, 6.45) is 0.856. The summed E-state index contributed by atoms with van der Waals surface area (Å²) in [6.45, 7) is 7.96. The number of aromatic carboxylic acids is 1. The van der Waals surface area contributed by atoms with Crippen molar-refractivity contribution in [2.45, 2.75) is 34.1 Å². The molecule has 0 unspecified atom stereocenters. The average molecular weight is 314 g/mol. The number of hydrogen-bond donors (Lipinski definition) is 1. The van der Waals surface area contributed by atoms with Gasteiger partial charge in [-0.05, 0) is 32.8 Å². The first kappa shape index (κ1) is 14.8. The largest absolute Gasteiger partial charge is 0.477 e. The minimum atomic E-state index is -0.934. The van der Waals surface area contributed by atoms with Crippen molar-refractivity contribution < 1.29 is 9.90 Å². The maximum absolute atomic E-state index is 11.7. The topological polar surface area (TPSA) is 54.6 Å². The summed E-state index contributed by atoms with van der Waals surface area (Å²) in [5.41, 5.74) is 5.23. The molecular formula is C17H18N2O2S. The Labute approximate surface area is 133 Å². The molecule has 0 aliphatic carbocycles. The Morgan fingerprint density at radius 1 is 1.32 bits per heavy atom. The van der Waals surface area contributed by atoms with Gasteiger partial charge in [0.1, 0.15) is 0 Å². The Morgan fingerprint density at radius 2 is 2.05 bits per heavy atom. The second kappa shape index (κ2) is 5.25. The van der Waals surface area contributed by atoms with Crippen LogP contribution in [0, 0.1) is 20.8 Å². The number of hydrogen-bond acceptors (Lipinski definition) is 3. The van der Waals surface area contributed by atoms with Crippen molar-refractivity contribution in [3.63, 3.8) is 0 Å². The average Bonchev–Trinajstić information content (AvgIpc) is 2.93. The van der Waals surface area contributed by atoms with Crippen molar-refractivity contribution in [2.75, 3.05) is 0 Å². The lowest BCUT2D eigenvalue weighted by Crippen LogP contribution is -2.05. The van der Waals surface area contributed by atoms with Crippen LogP contribution in [0.1, 0.15) is 39.1 Å². The summed E-state index contributed by atoms with van der Waals surface area (Å²) in [7, 11) is 0. The van der Waals surface area contributed by atoms with E-state index in [9.17, 15) is 9.90 Å². The third kappa shape index (κ3) is 2.13. The molecule has 0 aliphatic rings. The monoisotopic (exact) mass is 314 g/mol. The molecule has 0 saturated heterocycles. The summed E-state index contributed by atoms with van der Waals surface area (Å²) < 4.78 is 1.80. The van der Waals surface area contributed by atoms with Crippen LogP contribution < -0.4 is 0 Å². The predicted octanol–water partition coefficient (Wildman–Crippen LogP) is 4.25. The first-order valence-electron chi connectivity index (χ1n) is 7.25. The molecule has 0 aliphatic heterocycles. The molecule has 4 nitrogen and oxygen atoms in total. The zero-order valence-corrected chi connectivity index (χ0v) is 13.9. The van der Waals surface area contributed by atoms with Gasteiger partial charge < -0.3 is 5.11 Å². The van der Waals surface area contributed by atoms with E-state index < -0.39 is 5.97 Å². The van der Waals surface area contributed by atoms with Gasteiger partial charge in [0.25, 0.3) is 0 Å². The fourth-order valence-corrected chi connectivity index (χ4v) is 4.02. The Morgan fingerprint density at radius 3 is 2.64 bits per heavy atom. The van der Waals surface area contributed by atoms with Gasteiger partial charge >= 0.3 is 5.97 Å². The molecule has 0 spiro atoms. The predicted molar refractivity (Wildman–Crippen MR) is 89.1 cm³/mol. The summed E-state index contributed by atoms with van der Waals surface area (Å²) in [6, 6.07) is 6.27. The molecule has 0 radical (unpaired) electrons. The lowest BCUT2D eigenvalue weighted by molar-refractivity contribution is 0.0688. The molecule has 0 saturated carbocycles. The van der Waals surface area contributed by atoms with E-state index in [1.54, 1.807) is 22.7 Å². The van der Waals surface area contributed by atoms with E-state index in [-0.39, 0.29) is 5.69 Å². The molecule has 0 fully saturated rings. The van der Waals surface area contributed by atoms with Crippen LogP contribution in [0.4, 0.5) is 0 Å².